The van der Waals surface area contributed by atoms with Crippen LogP contribution in [0.2, 0.25) is 0 Å². The van der Waals surface area contributed by atoms with Gasteiger partial charge in [0.05, 0.1) is 11.5 Å². The first kappa shape index (κ1) is 16.2. The van der Waals surface area contributed by atoms with Gasteiger partial charge in [0.2, 0.25) is 10.0 Å². The number of nitrogens with two attached hydrogens (primary N) is 1. The Hall–Kier alpha value is -1.15. The van der Waals surface area contributed by atoms with Crippen LogP contribution in [0.15, 0.2) is 29.2 Å². The molecule has 0 spiro atoms. The van der Waals surface area contributed by atoms with Gasteiger partial charge in [-0.3, -0.25) is 0 Å². The molecular weight excluding hydrogens is 290 g/mol. The van der Waals surface area contributed by atoms with Crippen LogP contribution in [0.25, 0.3) is 0 Å². The molecule has 1 aliphatic heterocycles. The van der Waals surface area contributed by atoms with E-state index < -0.39 is 10.0 Å². The van der Waals surface area contributed by atoms with Crippen LogP contribution in [-0.2, 0) is 10.0 Å². The molecule has 21 heavy (non-hydrogen) atoms. The summed E-state index contributed by atoms with van der Waals surface area (Å²) in [7, 11) is -1.60. The second-order valence-electron chi connectivity index (χ2n) is 5.45. The molecule has 1 aromatic rings. The number of nitrogens with zero attached hydrogens (tertiary/aromatic N) is 2. The van der Waals surface area contributed by atoms with Gasteiger partial charge in [0.25, 0.3) is 0 Å². The maximum Gasteiger partial charge on any atom is 0.243 e. The summed E-state index contributed by atoms with van der Waals surface area (Å²) in [6.07, 6.45) is 1.55. The van der Waals surface area contributed by atoms with Gasteiger partial charge in [-0.15, -0.1) is 0 Å². The molecule has 1 saturated heterocycles. The van der Waals surface area contributed by atoms with Crippen molar-refractivity contribution >= 4 is 15.7 Å². The largest absolute Gasteiger partial charge is 0.399 e. The van der Waals surface area contributed by atoms with E-state index in [1.54, 1.807) is 18.2 Å². The zero-order valence-electron chi connectivity index (χ0n) is 12.3. The Labute approximate surface area is 126 Å². The summed E-state index contributed by atoms with van der Waals surface area (Å²) < 4.78 is 27.0. The van der Waals surface area contributed by atoms with Gasteiger partial charge in [-0.05, 0) is 51.2 Å². The van der Waals surface area contributed by atoms with Crippen molar-refractivity contribution in [3.63, 3.8) is 0 Å². The summed E-state index contributed by atoms with van der Waals surface area (Å²) >= 11 is 0. The Morgan fingerprint density at radius 1 is 1.38 bits per heavy atom. The van der Waals surface area contributed by atoms with Crippen molar-refractivity contribution < 1.29 is 13.5 Å². The van der Waals surface area contributed by atoms with E-state index in [0.717, 1.165) is 25.9 Å². The number of nitrogen functional groups attached to an aromatic ring is 1. The Morgan fingerprint density at radius 2 is 2.05 bits per heavy atom. The normalized spacial score (nSPS) is 18.2. The summed E-state index contributed by atoms with van der Waals surface area (Å²) in [4.78, 5) is 2.37. The first-order valence-electron chi connectivity index (χ1n) is 7.12. The van der Waals surface area contributed by atoms with Crippen molar-refractivity contribution in [1.82, 2.24) is 9.21 Å². The fourth-order valence-electron chi connectivity index (χ4n) is 2.69. The Kier molecular flexibility index (Phi) is 5.21. The molecule has 1 aromatic carbocycles. The number of aliphatic hydroxyl groups is 1. The summed E-state index contributed by atoms with van der Waals surface area (Å²) in [5.41, 5.74) is 6.11. The molecular formula is C14H23N3O3S. The maximum absolute atomic E-state index is 12.8. The molecule has 0 atom stereocenters. The molecule has 3 N–H and O–H groups in total. The molecule has 1 fully saturated rings. The van der Waals surface area contributed by atoms with Crippen LogP contribution >= 0.6 is 0 Å². The van der Waals surface area contributed by atoms with Crippen LogP contribution < -0.4 is 5.73 Å². The van der Waals surface area contributed by atoms with Gasteiger partial charge in [-0.1, -0.05) is 6.07 Å². The van der Waals surface area contributed by atoms with E-state index >= 15 is 0 Å². The van der Waals surface area contributed by atoms with Crippen LogP contribution in [0, 0.1) is 0 Å². The summed E-state index contributed by atoms with van der Waals surface area (Å²) in [5, 5.41) is 9.24. The molecule has 1 aliphatic rings. The fourth-order valence-corrected chi connectivity index (χ4v) is 4.42. The van der Waals surface area contributed by atoms with E-state index in [0.29, 0.717) is 5.69 Å². The van der Waals surface area contributed by atoms with Gasteiger partial charge < -0.3 is 15.7 Å². The molecule has 6 nitrogen and oxygen atoms in total. The molecule has 0 aliphatic carbocycles. The minimum atomic E-state index is -3.63. The average molecular weight is 313 g/mol. The first-order chi connectivity index (χ1) is 9.95. The van der Waals surface area contributed by atoms with Crippen molar-refractivity contribution in [2.45, 2.75) is 23.8 Å². The molecule has 0 bridgehead atoms. The Bertz CT molecular complexity index is 569. The van der Waals surface area contributed by atoms with E-state index in [1.165, 1.54) is 10.4 Å². The van der Waals surface area contributed by atoms with Gasteiger partial charge in [-0.25, -0.2) is 8.42 Å². The standard InChI is InChI=1S/C14H23N3O3S/c1-16-7-5-13(6-8-16)17(9-10-18)21(19,20)14-4-2-3-12(15)11-14/h2-4,11,13,18H,5-10,15H2,1H3. The van der Waals surface area contributed by atoms with Crippen molar-refractivity contribution in [2.75, 3.05) is 39.0 Å². The van der Waals surface area contributed by atoms with Crippen molar-refractivity contribution in [3.8, 4) is 0 Å². The number of piperidine rings is 1. The topological polar surface area (TPSA) is 86.9 Å². The molecule has 0 aromatic heterocycles. The molecule has 2 rings (SSSR count). The van der Waals surface area contributed by atoms with Gasteiger partial charge in [0, 0.05) is 18.3 Å². The zero-order chi connectivity index (χ0) is 15.5. The molecule has 7 heteroatoms. The van der Waals surface area contributed by atoms with E-state index in [9.17, 15) is 13.5 Å². The molecule has 0 saturated carbocycles. The summed E-state index contributed by atoms with van der Waals surface area (Å²) in [5.74, 6) is 0. The maximum atomic E-state index is 12.8. The second kappa shape index (κ2) is 6.74. The van der Waals surface area contributed by atoms with Crippen LogP contribution in [0.1, 0.15) is 12.8 Å². The highest BCUT2D eigenvalue weighted by Crippen LogP contribution is 2.24. The molecule has 0 unspecified atom stereocenters. The zero-order valence-corrected chi connectivity index (χ0v) is 13.1. The van der Waals surface area contributed by atoms with Crippen molar-refractivity contribution in [2.24, 2.45) is 0 Å². The molecule has 0 amide bonds. The van der Waals surface area contributed by atoms with Crippen LogP contribution in [0.4, 0.5) is 5.69 Å². The quantitative estimate of drug-likeness (QED) is 0.766. The fraction of sp³-hybridized carbons (Fsp3) is 0.571. The third-order valence-corrected chi connectivity index (χ3v) is 5.83. The van der Waals surface area contributed by atoms with E-state index in [4.69, 9.17) is 5.73 Å². The number of hydrogen-bond acceptors (Lipinski definition) is 5. The highest BCUT2D eigenvalue weighted by Gasteiger charge is 2.32. The van der Waals surface area contributed by atoms with Crippen molar-refractivity contribution in [3.05, 3.63) is 24.3 Å². The highest BCUT2D eigenvalue weighted by atomic mass is 32.2. The summed E-state index contributed by atoms with van der Waals surface area (Å²) in [6.45, 7) is 1.65. The van der Waals surface area contributed by atoms with E-state index in [-0.39, 0.29) is 24.1 Å². The number of hydrogen-bond donors (Lipinski definition) is 2. The van der Waals surface area contributed by atoms with Crippen LogP contribution in [0.3, 0.4) is 0 Å². The predicted octanol–water partition coefficient (Wildman–Crippen LogP) is 0.346. The SMILES string of the molecule is CN1CCC(N(CCO)S(=O)(=O)c2cccc(N)c2)CC1. The van der Waals surface area contributed by atoms with Gasteiger partial charge >= 0.3 is 0 Å². The lowest BCUT2D eigenvalue weighted by Gasteiger charge is -2.36. The predicted molar refractivity (Wildman–Crippen MR) is 82.4 cm³/mol. The van der Waals surface area contributed by atoms with E-state index in [1.807, 2.05) is 7.05 Å². The summed E-state index contributed by atoms with van der Waals surface area (Å²) in [6, 6.07) is 6.23. The third-order valence-electron chi connectivity index (χ3n) is 3.88. The highest BCUT2D eigenvalue weighted by molar-refractivity contribution is 7.89. The lowest BCUT2D eigenvalue weighted by atomic mass is 10.1. The molecule has 118 valence electrons. The Morgan fingerprint density at radius 3 is 2.62 bits per heavy atom. The number of rotatable bonds is 5. The second-order valence-corrected chi connectivity index (χ2v) is 7.34. The van der Waals surface area contributed by atoms with Crippen molar-refractivity contribution in [1.29, 1.82) is 0 Å². The van der Waals surface area contributed by atoms with Gasteiger partial charge in [0.1, 0.15) is 0 Å². The minimum Gasteiger partial charge on any atom is -0.399 e. The number of anilines is 1. The lowest BCUT2D eigenvalue weighted by Crippen LogP contribution is -2.47. The minimum absolute atomic E-state index is 0.0696. The lowest BCUT2D eigenvalue weighted by molar-refractivity contribution is 0.161. The third kappa shape index (κ3) is 3.74. The van der Waals surface area contributed by atoms with Crippen LogP contribution in [0.5, 0.6) is 0 Å². The average Bonchev–Trinajstić information content (AvgIpc) is 2.46. The van der Waals surface area contributed by atoms with Gasteiger partial charge in [-0.2, -0.15) is 4.31 Å². The Balaban J connectivity index is 2.28. The monoisotopic (exact) mass is 313 g/mol. The number of likely N-dealkylation sites (tertiary alicyclic amines) is 1. The number of benzene rings is 1. The molecule has 1 heterocycles. The molecule has 0 radical (unpaired) electrons. The van der Waals surface area contributed by atoms with Crippen LogP contribution in [-0.4, -0.2) is 62.1 Å². The van der Waals surface area contributed by atoms with Gasteiger partial charge in [0.15, 0.2) is 0 Å². The number of aliphatic hydroxyl groups excluding tert-OH is 1. The first-order valence-corrected chi connectivity index (χ1v) is 8.56. The smallest absolute Gasteiger partial charge is 0.243 e. The van der Waals surface area contributed by atoms with E-state index in [2.05, 4.69) is 4.90 Å². The number of sulfonamides is 1.